The molecule has 272 valence electrons. The normalized spacial score (nSPS) is 15.9. The first-order valence-electron chi connectivity index (χ1n) is 18.5. The van der Waals surface area contributed by atoms with Crippen molar-refractivity contribution in [1.29, 1.82) is 0 Å². The van der Waals surface area contributed by atoms with Gasteiger partial charge in [-0.3, -0.25) is 24.2 Å². The molecule has 3 amide bonds. The number of H-pyrrole nitrogens is 2. The summed E-state index contributed by atoms with van der Waals surface area (Å²) in [6.45, 7) is 12.0. The Bertz CT molecular complexity index is 2010. The summed E-state index contributed by atoms with van der Waals surface area (Å²) in [5.41, 5.74) is 6.24. The lowest BCUT2D eigenvalue weighted by molar-refractivity contribution is -0.119. The molecule has 0 saturated carbocycles. The van der Waals surface area contributed by atoms with Gasteiger partial charge in [0.05, 0.1) is 22.1 Å². The Morgan fingerprint density at radius 2 is 1.00 bits per heavy atom. The SMILES string of the molecule is CC(=O)NCCN1CCN(CCNC(=O)c2ccc3nc(-c4ccc(-c5nc6ccc(C(=O)NCCN7CCCCC7)cc6[nH]5)cc4)[nH]c3c2)CC1. The van der Waals surface area contributed by atoms with Crippen LogP contribution in [0.4, 0.5) is 0 Å². The van der Waals surface area contributed by atoms with Gasteiger partial charge in [-0.1, -0.05) is 30.7 Å². The van der Waals surface area contributed by atoms with Gasteiger partial charge < -0.3 is 30.8 Å². The molecule has 0 spiro atoms. The van der Waals surface area contributed by atoms with E-state index in [1.54, 1.807) is 6.92 Å². The number of aromatic nitrogens is 4. The van der Waals surface area contributed by atoms with E-state index in [1.807, 2.05) is 60.7 Å². The summed E-state index contributed by atoms with van der Waals surface area (Å²) in [6.07, 6.45) is 3.78. The van der Waals surface area contributed by atoms with Gasteiger partial charge in [-0.15, -0.1) is 0 Å². The van der Waals surface area contributed by atoms with E-state index in [0.717, 1.165) is 104 Å². The van der Waals surface area contributed by atoms with Gasteiger partial charge in [0.25, 0.3) is 11.8 Å². The Balaban J connectivity index is 0.910. The summed E-state index contributed by atoms with van der Waals surface area (Å²) in [6, 6.07) is 19.1. The fourth-order valence-electron chi connectivity index (χ4n) is 7.03. The van der Waals surface area contributed by atoms with Crippen molar-refractivity contribution in [1.82, 2.24) is 50.6 Å². The zero-order valence-corrected chi connectivity index (χ0v) is 29.8. The van der Waals surface area contributed by atoms with E-state index < -0.39 is 0 Å². The Labute approximate surface area is 303 Å². The van der Waals surface area contributed by atoms with Gasteiger partial charge >= 0.3 is 0 Å². The number of likely N-dealkylation sites (tertiary alicyclic amines) is 1. The van der Waals surface area contributed by atoms with Crippen LogP contribution in [-0.4, -0.2) is 131 Å². The summed E-state index contributed by atoms with van der Waals surface area (Å²) >= 11 is 0. The quantitative estimate of drug-likeness (QED) is 0.125. The molecule has 0 bridgehead atoms. The first-order valence-corrected chi connectivity index (χ1v) is 18.5. The van der Waals surface area contributed by atoms with Gasteiger partial charge in [-0.25, -0.2) is 9.97 Å². The van der Waals surface area contributed by atoms with Crippen LogP contribution in [0.1, 0.15) is 46.9 Å². The number of aromatic amines is 2. The highest BCUT2D eigenvalue weighted by Gasteiger charge is 2.18. The molecule has 2 saturated heterocycles. The standard InChI is InChI=1S/C39H48N10O3/c1-27(50)40-13-18-48-21-23-49(24-22-48)20-15-42-39(52)31-10-12-33-35(26-31)46-37(44-33)29-7-5-28(6-8-29)36-43-32-11-9-30(25-34(32)45-36)38(51)41-14-19-47-16-3-2-4-17-47/h5-12,25-26H,2-4,13-24H2,1H3,(H,40,50)(H,41,51)(H,42,52)(H,43,45)(H,44,46). The summed E-state index contributed by atoms with van der Waals surface area (Å²) in [4.78, 5) is 60.3. The van der Waals surface area contributed by atoms with Crippen molar-refractivity contribution in [3.63, 3.8) is 0 Å². The van der Waals surface area contributed by atoms with E-state index in [4.69, 9.17) is 9.97 Å². The molecule has 5 N–H and O–H groups in total. The molecule has 0 aliphatic carbocycles. The van der Waals surface area contributed by atoms with Crippen LogP contribution in [0.25, 0.3) is 44.8 Å². The molecule has 2 aliphatic heterocycles. The van der Waals surface area contributed by atoms with Gasteiger partial charge in [0.2, 0.25) is 5.91 Å². The number of amides is 3. The van der Waals surface area contributed by atoms with E-state index in [9.17, 15) is 14.4 Å². The van der Waals surface area contributed by atoms with Crippen molar-refractivity contribution >= 4 is 39.8 Å². The number of nitrogens with one attached hydrogen (secondary N) is 5. The van der Waals surface area contributed by atoms with Crippen LogP contribution >= 0.6 is 0 Å². The van der Waals surface area contributed by atoms with Crippen LogP contribution in [0.15, 0.2) is 60.7 Å². The number of piperidine rings is 1. The second kappa shape index (κ2) is 16.5. The van der Waals surface area contributed by atoms with Crippen LogP contribution in [0.3, 0.4) is 0 Å². The number of piperazine rings is 1. The van der Waals surface area contributed by atoms with Crippen molar-refractivity contribution in [3.05, 3.63) is 71.8 Å². The minimum atomic E-state index is -0.109. The number of nitrogens with zero attached hydrogens (tertiary/aromatic N) is 5. The van der Waals surface area contributed by atoms with Crippen molar-refractivity contribution in [2.24, 2.45) is 0 Å². The van der Waals surface area contributed by atoms with E-state index in [-0.39, 0.29) is 17.7 Å². The molecule has 0 radical (unpaired) electrons. The lowest BCUT2D eigenvalue weighted by Crippen LogP contribution is -2.49. The molecule has 2 aliphatic rings. The number of benzene rings is 3. The number of imidazole rings is 2. The topological polar surface area (TPSA) is 154 Å². The minimum absolute atomic E-state index is 0.00443. The van der Waals surface area contributed by atoms with Crippen molar-refractivity contribution in [2.45, 2.75) is 26.2 Å². The smallest absolute Gasteiger partial charge is 0.251 e. The number of hydrogen-bond acceptors (Lipinski definition) is 8. The third-order valence-electron chi connectivity index (χ3n) is 10.1. The highest BCUT2D eigenvalue weighted by Crippen LogP contribution is 2.26. The first kappa shape index (κ1) is 35.3. The second-order valence-corrected chi connectivity index (χ2v) is 13.8. The molecule has 0 atom stereocenters. The monoisotopic (exact) mass is 704 g/mol. The largest absolute Gasteiger partial charge is 0.355 e. The van der Waals surface area contributed by atoms with Crippen molar-refractivity contribution in [3.8, 4) is 22.8 Å². The van der Waals surface area contributed by atoms with E-state index in [1.165, 1.54) is 19.3 Å². The minimum Gasteiger partial charge on any atom is -0.355 e. The number of rotatable bonds is 13. The summed E-state index contributed by atoms with van der Waals surface area (Å²) < 4.78 is 0. The second-order valence-electron chi connectivity index (χ2n) is 13.8. The average Bonchev–Trinajstić information content (AvgIpc) is 3.80. The molecule has 2 fully saturated rings. The first-order chi connectivity index (χ1) is 25.4. The Kier molecular flexibility index (Phi) is 11.2. The fraction of sp³-hybridized carbons (Fsp3) is 0.410. The van der Waals surface area contributed by atoms with Gasteiger partial charge in [0, 0.05) is 94.6 Å². The van der Waals surface area contributed by atoms with E-state index in [2.05, 4.69) is 40.6 Å². The number of carbonyl (C=O) groups excluding carboxylic acids is 3. The maximum atomic E-state index is 13.0. The van der Waals surface area contributed by atoms with Gasteiger partial charge in [-0.05, 0) is 62.3 Å². The molecule has 3 aromatic carbocycles. The van der Waals surface area contributed by atoms with Crippen molar-refractivity contribution in [2.75, 3.05) is 78.5 Å². The Morgan fingerprint density at radius 1 is 0.577 bits per heavy atom. The molecule has 13 heteroatoms. The van der Waals surface area contributed by atoms with E-state index >= 15 is 0 Å². The third kappa shape index (κ3) is 8.84. The highest BCUT2D eigenvalue weighted by molar-refractivity contribution is 5.98. The summed E-state index contributed by atoms with van der Waals surface area (Å²) in [5.74, 6) is 1.27. The lowest BCUT2D eigenvalue weighted by atomic mass is 10.1. The number of hydrogen-bond donors (Lipinski definition) is 5. The van der Waals surface area contributed by atoms with E-state index in [0.29, 0.717) is 30.8 Å². The molecule has 0 unspecified atom stereocenters. The maximum Gasteiger partial charge on any atom is 0.251 e. The molecular weight excluding hydrogens is 656 g/mol. The Morgan fingerprint density at radius 3 is 1.44 bits per heavy atom. The van der Waals surface area contributed by atoms with Crippen LogP contribution in [-0.2, 0) is 4.79 Å². The molecule has 2 aromatic heterocycles. The average molecular weight is 705 g/mol. The van der Waals surface area contributed by atoms with Crippen LogP contribution in [0.5, 0.6) is 0 Å². The summed E-state index contributed by atoms with van der Waals surface area (Å²) in [7, 11) is 0. The molecule has 52 heavy (non-hydrogen) atoms. The maximum absolute atomic E-state index is 13.0. The lowest BCUT2D eigenvalue weighted by Gasteiger charge is -2.34. The molecular formula is C39H48N10O3. The zero-order valence-electron chi connectivity index (χ0n) is 29.8. The number of fused-ring (bicyclic) bond motifs is 2. The Hall–Kier alpha value is -5.11. The fourth-order valence-corrected chi connectivity index (χ4v) is 7.03. The summed E-state index contributed by atoms with van der Waals surface area (Å²) in [5, 5.41) is 8.97. The molecule has 7 rings (SSSR count). The van der Waals surface area contributed by atoms with Crippen LogP contribution < -0.4 is 16.0 Å². The zero-order chi connectivity index (χ0) is 35.9. The van der Waals surface area contributed by atoms with Gasteiger partial charge in [-0.2, -0.15) is 0 Å². The number of carbonyl (C=O) groups is 3. The predicted molar refractivity (Wildman–Crippen MR) is 203 cm³/mol. The highest BCUT2D eigenvalue weighted by atomic mass is 16.2. The molecule has 5 aromatic rings. The van der Waals surface area contributed by atoms with Crippen molar-refractivity contribution < 1.29 is 14.4 Å². The molecule has 13 nitrogen and oxygen atoms in total. The van der Waals surface area contributed by atoms with Crippen LogP contribution in [0.2, 0.25) is 0 Å². The predicted octanol–water partition coefficient (Wildman–Crippen LogP) is 3.47. The van der Waals surface area contributed by atoms with Gasteiger partial charge in [0.1, 0.15) is 11.6 Å². The van der Waals surface area contributed by atoms with Gasteiger partial charge in [0.15, 0.2) is 0 Å². The van der Waals surface area contributed by atoms with Crippen LogP contribution in [0, 0.1) is 0 Å². The third-order valence-corrected chi connectivity index (χ3v) is 10.1. The molecule has 4 heterocycles.